The van der Waals surface area contributed by atoms with Crippen LogP contribution < -0.4 is 0 Å². The number of hydrogen-bond acceptors (Lipinski definition) is 1. The first kappa shape index (κ1) is 17.4. The maximum absolute atomic E-state index is 4.89. The predicted octanol–water partition coefficient (Wildman–Crippen LogP) is 7.28. The molecule has 0 N–H and O–H groups in total. The van der Waals surface area contributed by atoms with E-state index in [4.69, 9.17) is 4.98 Å². The molecule has 4 aliphatic rings. The highest BCUT2D eigenvalue weighted by molar-refractivity contribution is 5.87. The Morgan fingerprint density at radius 1 is 0.793 bits per heavy atom. The van der Waals surface area contributed by atoms with Gasteiger partial charge in [-0.3, -0.25) is 4.98 Å². The second kappa shape index (κ2) is 6.05. The van der Waals surface area contributed by atoms with Gasteiger partial charge in [0, 0.05) is 17.2 Å². The molecule has 0 radical (unpaired) electrons. The molecule has 3 saturated carbocycles. The van der Waals surface area contributed by atoms with Crippen molar-refractivity contribution in [2.75, 3.05) is 0 Å². The number of benzene rings is 2. The molecule has 2 aromatic carbocycles. The zero-order valence-corrected chi connectivity index (χ0v) is 17.5. The first-order valence-electron chi connectivity index (χ1n) is 11.3. The molecule has 0 amide bonds. The van der Waals surface area contributed by atoms with Gasteiger partial charge in [0.1, 0.15) is 0 Å². The van der Waals surface area contributed by atoms with Gasteiger partial charge >= 0.3 is 0 Å². The highest BCUT2D eigenvalue weighted by atomic mass is 14.7. The van der Waals surface area contributed by atoms with E-state index >= 15 is 0 Å². The Morgan fingerprint density at radius 3 is 2.28 bits per heavy atom. The lowest BCUT2D eigenvalue weighted by Crippen LogP contribution is -2.37. The van der Waals surface area contributed by atoms with Crippen molar-refractivity contribution in [3.05, 3.63) is 77.5 Å². The van der Waals surface area contributed by atoms with Crippen molar-refractivity contribution in [3.63, 3.8) is 0 Å². The van der Waals surface area contributed by atoms with Crippen molar-refractivity contribution in [2.24, 2.45) is 5.92 Å². The van der Waals surface area contributed by atoms with E-state index in [1.807, 2.05) is 0 Å². The first-order chi connectivity index (χ1) is 14.1. The molecule has 0 aliphatic heterocycles. The highest BCUT2D eigenvalue weighted by Gasteiger charge is 2.42. The summed E-state index contributed by atoms with van der Waals surface area (Å²) in [5.74, 6) is 0.995. The Kier molecular flexibility index (Phi) is 3.64. The number of pyridine rings is 1. The molecule has 7 rings (SSSR count). The fourth-order valence-corrected chi connectivity index (χ4v) is 6.65. The van der Waals surface area contributed by atoms with Crippen LogP contribution in [0.5, 0.6) is 0 Å². The lowest BCUT2D eigenvalue weighted by molar-refractivity contribution is 0.136. The molecule has 0 saturated heterocycles. The Hall–Kier alpha value is -2.41. The monoisotopic (exact) mass is 379 g/mol. The molecule has 4 aliphatic carbocycles. The van der Waals surface area contributed by atoms with Crippen LogP contribution in [0.4, 0.5) is 0 Å². The molecule has 1 aromatic heterocycles. The average molecular weight is 380 g/mol. The molecule has 1 heterocycles. The van der Waals surface area contributed by atoms with Crippen molar-refractivity contribution in [1.82, 2.24) is 4.98 Å². The van der Waals surface area contributed by atoms with Gasteiger partial charge in [0.05, 0.1) is 5.69 Å². The van der Waals surface area contributed by atoms with E-state index < -0.39 is 0 Å². The molecule has 3 aromatic rings. The van der Waals surface area contributed by atoms with Crippen molar-refractivity contribution < 1.29 is 0 Å². The molecule has 1 nitrogen and oxygen atoms in total. The summed E-state index contributed by atoms with van der Waals surface area (Å²) in [6, 6.07) is 20.4. The predicted molar refractivity (Wildman–Crippen MR) is 120 cm³/mol. The quantitative estimate of drug-likeness (QED) is 0.456. The van der Waals surface area contributed by atoms with Crippen molar-refractivity contribution in [2.45, 2.75) is 63.2 Å². The van der Waals surface area contributed by atoms with Crippen LogP contribution in [-0.2, 0) is 10.8 Å². The van der Waals surface area contributed by atoms with Crippen LogP contribution in [0.15, 0.2) is 60.8 Å². The molecule has 146 valence electrons. The van der Waals surface area contributed by atoms with Gasteiger partial charge in [-0.05, 0) is 89.8 Å². The van der Waals surface area contributed by atoms with Crippen LogP contribution >= 0.6 is 0 Å². The largest absolute Gasteiger partial charge is 0.256 e. The summed E-state index contributed by atoms with van der Waals surface area (Å²) in [6.07, 6.45) is 10.4. The topological polar surface area (TPSA) is 12.9 Å². The minimum Gasteiger partial charge on any atom is -0.256 e. The van der Waals surface area contributed by atoms with Crippen LogP contribution in [0, 0.1) is 5.92 Å². The van der Waals surface area contributed by atoms with E-state index in [1.165, 1.54) is 71.9 Å². The van der Waals surface area contributed by atoms with E-state index in [0.29, 0.717) is 5.41 Å². The van der Waals surface area contributed by atoms with E-state index in [0.717, 1.165) is 11.6 Å². The number of rotatable bonds is 2. The van der Waals surface area contributed by atoms with E-state index in [-0.39, 0.29) is 5.41 Å². The average Bonchev–Trinajstić information content (AvgIpc) is 3.03. The Labute approximate surface area is 174 Å². The summed E-state index contributed by atoms with van der Waals surface area (Å²) >= 11 is 0. The van der Waals surface area contributed by atoms with Gasteiger partial charge in [-0.2, -0.15) is 0 Å². The molecular weight excluding hydrogens is 350 g/mol. The van der Waals surface area contributed by atoms with Crippen molar-refractivity contribution in [3.8, 4) is 22.4 Å². The van der Waals surface area contributed by atoms with Gasteiger partial charge < -0.3 is 0 Å². The van der Waals surface area contributed by atoms with Crippen LogP contribution in [0.25, 0.3) is 22.4 Å². The molecule has 0 unspecified atom stereocenters. The highest BCUT2D eigenvalue weighted by Crippen LogP contribution is 2.54. The summed E-state index contributed by atoms with van der Waals surface area (Å²) in [5, 5.41) is 0. The molecule has 3 fully saturated rings. The van der Waals surface area contributed by atoms with E-state index in [1.54, 1.807) is 0 Å². The van der Waals surface area contributed by atoms with Gasteiger partial charge in [0.15, 0.2) is 0 Å². The summed E-state index contributed by atoms with van der Waals surface area (Å²) in [6.45, 7) is 4.73. The number of hydrogen-bond donors (Lipinski definition) is 0. The summed E-state index contributed by atoms with van der Waals surface area (Å²) in [5.41, 5.74) is 10.0. The summed E-state index contributed by atoms with van der Waals surface area (Å²) in [7, 11) is 0. The molecule has 0 atom stereocenters. The fourth-order valence-electron chi connectivity index (χ4n) is 6.65. The molecule has 29 heavy (non-hydrogen) atoms. The summed E-state index contributed by atoms with van der Waals surface area (Å²) < 4.78 is 0. The van der Waals surface area contributed by atoms with Crippen LogP contribution in [0.1, 0.15) is 69.1 Å². The van der Waals surface area contributed by atoms with E-state index in [2.05, 4.69) is 74.6 Å². The third kappa shape index (κ3) is 2.43. The van der Waals surface area contributed by atoms with Gasteiger partial charge in [-0.15, -0.1) is 0 Å². The standard InChI is InChI=1S/C28H29N/c1-27(2)24-9-4-3-6-21(24)22-7-5-8-23(26(22)27)25-18-20(13-17-29-25)28-14-10-19(11-15-28)12-16-28/h3-9,13,17-19H,10-12,14-16H2,1-2H3. The van der Waals surface area contributed by atoms with Gasteiger partial charge in [-0.1, -0.05) is 56.3 Å². The number of nitrogens with zero attached hydrogens (tertiary/aromatic N) is 1. The minimum atomic E-state index is 0.00138. The van der Waals surface area contributed by atoms with Crippen LogP contribution in [0.2, 0.25) is 0 Å². The van der Waals surface area contributed by atoms with Crippen molar-refractivity contribution >= 4 is 0 Å². The second-order valence-corrected chi connectivity index (χ2v) is 10.1. The fraction of sp³-hybridized carbons (Fsp3) is 0.393. The lowest BCUT2D eigenvalue weighted by Gasteiger charge is -2.47. The Bertz CT molecular complexity index is 1090. The van der Waals surface area contributed by atoms with Crippen LogP contribution in [0.3, 0.4) is 0 Å². The normalized spacial score (nSPS) is 26.2. The second-order valence-electron chi connectivity index (χ2n) is 10.1. The van der Waals surface area contributed by atoms with Crippen molar-refractivity contribution in [1.29, 1.82) is 0 Å². The smallest absolute Gasteiger partial charge is 0.0708 e. The molecule has 2 bridgehead atoms. The first-order valence-corrected chi connectivity index (χ1v) is 11.3. The maximum Gasteiger partial charge on any atom is 0.0708 e. The van der Waals surface area contributed by atoms with Gasteiger partial charge in [0.2, 0.25) is 0 Å². The third-order valence-corrected chi connectivity index (χ3v) is 8.32. The third-order valence-electron chi connectivity index (χ3n) is 8.32. The zero-order valence-electron chi connectivity index (χ0n) is 17.5. The summed E-state index contributed by atoms with van der Waals surface area (Å²) in [4.78, 5) is 4.89. The number of fused-ring (bicyclic) bond motifs is 6. The van der Waals surface area contributed by atoms with Gasteiger partial charge in [-0.25, -0.2) is 0 Å². The molecular formula is C28H29N. The zero-order chi connectivity index (χ0) is 19.6. The Morgan fingerprint density at radius 2 is 1.48 bits per heavy atom. The number of aromatic nitrogens is 1. The maximum atomic E-state index is 4.89. The Balaban J connectivity index is 1.50. The SMILES string of the molecule is CC1(C)c2ccccc2-c2cccc(-c3cc(C45CCC(CC4)CC5)ccn3)c21. The molecule has 0 spiro atoms. The lowest BCUT2D eigenvalue weighted by atomic mass is 9.58. The molecule has 1 heteroatoms. The van der Waals surface area contributed by atoms with Gasteiger partial charge in [0.25, 0.3) is 0 Å². The van der Waals surface area contributed by atoms with E-state index in [9.17, 15) is 0 Å². The van der Waals surface area contributed by atoms with Crippen LogP contribution in [-0.4, -0.2) is 4.98 Å². The minimum absolute atomic E-state index is 0.00138.